The van der Waals surface area contributed by atoms with Crippen molar-refractivity contribution in [2.75, 3.05) is 0 Å². The zero-order valence-electron chi connectivity index (χ0n) is 8.52. The summed E-state index contributed by atoms with van der Waals surface area (Å²) in [6.07, 6.45) is 15.5. The van der Waals surface area contributed by atoms with Gasteiger partial charge < -0.3 is 0 Å². The van der Waals surface area contributed by atoms with E-state index in [4.69, 9.17) is 0 Å². The van der Waals surface area contributed by atoms with E-state index in [0.29, 0.717) is 0 Å². The lowest BCUT2D eigenvalue weighted by molar-refractivity contribution is 0.425. The molecule has 0 aromatic heterocycles. The Morgan fingerprint density at radius 3 is 2.33 bits per heavy atom. The van der Waals surface area contributed by atoms with Crippen LogP contribution < -0.4 is 0 Å². The van der Waals surface area contributed by atoms with E-state index in [1.165, 1.54) is 57.8 Å². The fraction of sp³-hybridized carbons (Fsp3) is 0.917. The molecule has 0 unspecified atom stereocenters. The van der Waals surface area contributed by atoms with Crippen LogP contribution in [-0.4, -0.2) is 0 Å². The van der Waals surface area contributed by atoms with Crippen molar-refractivity contribution in [3.63, 3.8) is 0 Å². The van der Waals surface area contributed by atoms with Gasteiger partial charge in [-0.1, -0.05) is 58.3 Å². The van der Waals surface area contributed by atoms with E-state index in [0.717, 1.165) is 5.92 Å². The van der Waals surface area contributed by atoms with Gasteiger partial charge in [-0.25, -0.2) is 0 Å². The molecule has 1 aliphatic carbocycles. The van der Waals surface area contributed by atoms with Crippen LogP contribution in [0, 0.1) is 12.3 Å². The van der Waals surface area contributed by atoms with Gasteiger partial charge in [0.05, 0.1) is 0 Å². The second kappa shape index (κ2) is 6.51. The average Bonchev–Trinajstić information content (AvgIpc) is 2.33. The molecule has 0 bridgehead atoms. The largest absolute Gasteiger partial charge is 0.0651 e. The van der Waals surface area contributed by atoms with Crippen LogP contribution in [0.3, 0.4) is 0 Å². The van der Waals surface area contributed by atoms with Gasteiger partial charge in [0.2, 0.25) is 0 Å². The van der Waals surface area contributed by atoms with Crippen LogP contribution in [0.15, 0.2) is 0 Å². The summed E-state index contributed by atoms with van der Waals surface area (Å²) in [7, 11) is 0. The second-order valence-electron chi connectivity index (χ2n) is 4.13. The minimum Gasteiger partial charge on any atom is -0.0651 e. The summed E-state index contributed by atoms with van der Waals surface area (Å²) in [4.78, 5) is 0. The highest BCUT2D eigenvalue weighted by Crippen LogP contribution is 2.26. The van der Waals surface area contributed by atoms with E-state index >= 15 is 0 Å². The van der Waals surface area contributed by atoms with Crippen LogP contribution in [0.5, 0.6) is 0 Å². The molecule has 0 atom stereocenters. The lowest BCUT2D eigenvalue weighted by Gasteiger charge is -2.12. The lowest BCUT2D eigenvalue weighted by Crippen LogP contribution is -1.98. The van der Waals surface area contributed by atoms with Crippen molar-refractivity contribution in [2.45, 2.75) is 64.7 Å². The zero-order valence-corrected chi connectivity index (χ0v) is 8.52. The molecule has 0 N–H and O–H groups in total. The molecule has 0 aromatic rings. The van der Waals surface area contributed by atoms with Gasteiger partial charge in [0, 0.05) is 0 Å². The summed E-state index contributed by atoms with van der Waals surface area (Å²) in [5.41, 5.74) is 0. The smallest absolute Gasteiger partial charge is 0.0388 e. The highest BCUT2D eigenvalue weighted by Gasteiger charge is 2.10. The highest BCUT2D eigenvalue weighted by atomic mass is 14.2. The van der Waals surface area contributed by atoms with Crippen LogP contribution in [0.1, 0.15) is 64.7 Å². The van der Waals surface area contributed by atoms with Crippen molar-refractivity contribution in [1.82, 2.24) is 0 Å². The van der Waals surface area contributed by atoms with Crippen LogP contribution in [0.4, 0.5) is 0 Å². The molecule has 1 fully saturated rings. The third-order valence-corrected chi connectivity index (χ3v) is 3.04. The van der Waals surface area contributed by atoms with Crippen molar-refractivity contribution in [3.05, 3.63) is 6.42 Å². The molecular formula is C12H23. The van der Waals surface area contributed by atoms with Crippen molar-refractivity contribution < 1.29 is 0 Å². The van der Waals surface area contributed by atoms with Crippen molar-refractivity contribution in [2.24, 2.45) is 5.92 Å². The van der Waals surface area contributed by atoms with E-state index in [1.54, 1.807) is 0 Å². The fourth-order valence-electron chi connectivity index (χ4n) is 2.21. The molecule has 1 radical (unpaired) electrons. The summed E-state index contributed by atoms with van der Waals surface area (Å²) in [5.74, 6) is 1.07. The second-order valence-corrected chi connectivity index (χ2v) is 4.13. The third-order valence-electron chi connectivity index (χ3n) is 3.04. The van der Waals surface area contributed by atoms with Gasteiger partial charge in [-0.2, -0.15) is 0 Å². The first-order valence-corrected chi connectivity index (χ1v) is 5.75. The highest BCUT2D eigenvalue weighted by molar-refractivity contribution is 4.69. The molecule has 0 saturated heterocycles. The molecule has 0 nitrogen and oxygen atoms in total. The standard InChI is InChI=1S/C12H23/c1-2-3-6-9-12-10-7-4-5-8-11-12/h3,12H,2,4-11H2,1H3. The summed E-state index contributed by atoms with van der Waals surface area (Å²) in [6, 6.07) is 0. The number of rotatable bonds is 4. The van der Waals surface area contributed by atoms with Crippen molar-refractivity contribution in [1.29, 1.82) is 0 Å². The first kappa shape index (κ1) is 10.1. The summed E-state index contributed by atoms with van der Waals surface area (Å²) >= 11 is 0. The zero-order chi connectivity index (χ0) is 8.65. The van der Waals surface area contributed by atoms with Gasteiger partial charge in [0.1, 0.15) is 0 Å². The predicted molar refractivity (Wildman–Crippen MR) is 55.0 cm³/mol. The van der Waals surface area contributed by atoms with E-state index in [-0.39, 0.29) is 0 Å². The first-order valence-electron chi connectivity index (χ1n) is 5.75. The molecule has 1 saturated carbocycles. The molecule has 12 heavy (non-hydrogen) atoms. The fourth-order valence-corrected chi connectivity index (χ4v) is 2.21. The molecule has 1 rings (SSSR count). The van der Waals surface area contributed by atoms with Crippen molar-refractivity contribution in [3.8, 4) is 0 Å². The van der Waals surface area contributed by atoms with Crippen LogP contribution in [-0.2, 0) is 0 Å². The van der Waals surface area contributed by atoms with Crippen molar-refractivity contribution >= 4 is 0 Å². The minimum atomic E-state index is 1.07. The Bertz CT molecular complexity index is 88.2. The normalized spacial score (nSPS) is 20.8. The van der Waals surface area contributed by atoms with E-state index in [1.807, 2.05) is 0 Å². The van der Waals surface area contributed by atoms with E-state index in [9.17, 15) is 0 Å². The van der Waals surface area contributed by atoms with Crippen LogP contribution in [0.25, 0.3) is 0 Å². The Kier molecular flexibility index (Phi) is 5.47. The monoisotopic (exact) mass is 167 g/mol. The molecule has 0 aromatic carbocycles. The lowest BCUT2D eigenvalue weighted by atomic mass is 9.94. The maximum Gasteiger partial charge on any atom is -0.0388 e. The first-order chi connectivity index (χ1) is 5.93. The molecular weight excluding hydrogens is 144 g/mol. The molecule has 71 valence electrons. The summed E-state index contributed by atoms with van der Waals surface area (Å²) in [5, 5.41) is 0. The molecule has 0 heteroatoms. The molecule has 0 heterocycles. The van der Waals surface area contributed by atoms with Gasteiger partial charge in [0.25, 0.3) is 0 Å². The number of unbranched alkanes of at least 4 members (excludes halogenated alkanes) is 2. The minimum absolute atomic E-state index is 1.07. The maximum absolute atomic E-state index is 2.44. The molecule has 1 aliphatic rings. The number of hydrogen-bond donors (Lipinski definition) is 0. The quantitative estimate of drug-likeness (QED) is 0.431. The van der Waals surface area contributed by atoms with Gasteiger partial charge in [-0.3, -0.25) is 0 Å². The van der Waals surface area contributed by atoms with E-state index < -0.39 is 0 Å². The SMILES string of the molecule is CC[CH]CCC1CCCCCC1. The Balaban J connectivity index is 2.04. The van der Waals surface area contributed by atoms with E-state index in [2.05, 4.69) is 13.3 Å². The topological polar surface area (TPSA) is 0 Å². The number of hydrogen-bond acceptors (Lipinski definition) is 0. The predicted octanol–water partition coefficient (Wildman–Crippen LogP) is 4.35. The molecule has 0 spiro atoms. The molecule has 0 aliphatic heterocycles. The Morgan fingerprint density at radius 2 is 1.75 bits per heavy atom. The maximum atomic E-state index is 2.44. The summed E-state index contributed by atoms with van der Waals surface area (Å²) < 4.78 is 0. The van der Waals surface area contributed by atoms with Gasteiger partial charge in [-0.15, -0.1) is 0 Å². The Morgan fingerprint density at radius 1 is 1.08 bits per heavy atom. The van der Waals surface area contributed by atoms with Gasteiger partial charge in [0.15, 0.2) is 0 Å². The van der Waals surface area contributed by atoms with Gasteiger partial charge in [-0.05, 0) is 18.8 Å². The average molecular weight is 167 g/mol. The Labute approximate surface area is 77.7 Å². The van der Waals surface area contributed by atoms with Crippen LogP contribution in [0.2, 0.25) is 0 Å². The Hall–Kier alpha value is 0. The summed E-state index contributed by atoms with van der Waals surface area (Å²) in [6.45, 7) is 2.24. The molecule has 0 amide bonds. The van der Waals surface area contributed by atoms with Crippen LogP contribution >= 0.6 is 0 Å². The van der Waals surface area contributed by atoms with Gasteiger partial charge >= 0.3 is 0 Å². The third kappa shape index (κ3) is 4.13.